The van der Waals surface area contributed by atoms with Crippen LogP contribution in [0.5, 0.6) is 11.5 Å². The predicted molar refractivity (Wildman–Crippen MR) is 158 cm³/mol. The molecule has 2 rings (SSSR count). The summed E-state index contributed by atoms with van der Waals surface area (Å²) in [4.78, 5) is 12.7. The third-order valence-corrected chi connectivity index (χ3v) is 7.58. The standard InChI is InChI=1S/C31H44O8Si/c1-33-28-11-7-25(8-12-28)21-36-17-15-27(23-39-22-26-9-13-29(34-2)14-10-26)30(31(32)35-3)16-18-37-24-38-19-20-40(4,5)6/h7-16H,17-24H2,1-6H3/b27-15+,30-16+. The molecule has 0 saturated heterocycles. The number of carbonyl (C=O) groups excluding carboxylic acids is 1. The maximum Gasteiger partial charge on any atom is 0.337 e. The monoisotopic (exact) mass is 572 g/mol. The highest BCUT2D eigenvalue weighted by Gasteiger charge is 2.16. The van der Waals surface area contributed by atoms with Crippen LogP contribution in [0.1, 0.15) is 11.1 Å². The first kappa shape index (κ1) is 33.3. The molecule has 0 aliphatic rings. The molecule has 0 saturated carbocycles. The number of carbonyl (C=O) groups is 1. The summed E-state index contributed by atoms with van der Waals surface area (Å²) in [6.07, 6.45) is 3.53. The third-order valence-electron chi connectivity index (χ3n) is 5.88. The normalized spacial score (nSPS) is 12.3. The number of esters is 1. The van der Waals surface area contributed by atoms with Crippen LogP contribution in [0.4, 0.5) is 0 Å². The Kier molecular flexibility index (Phi) is 15.3. The van der Waals surface area contributed by atoms with Crippen molar-refractivity contribution in [2.45, 2.75) is 38.9 Å². The second-order valence-electron chi connectivity index (χ2n) is 10.3. The van der Waals surface area contributed by atoms with E-state index < -0.39 is 14.0 Å². The van der Waals surface area contributed by atoms with Gasteiger partial charge in [-0.25, -0.2) is 4.79 Å². The van der Waals surface area contributed by atoms with Crippen LogP contribution in [0.25, 0.3) is 0 Å². The maximum absolute atomic E-state index is 12.7. The summed E-state index contributed by atoms with van der Waals surface area (Å²) in [7, 11) is 3.45. The Bertz CT molecular complexity index is 1060. The van der Waals surface area contributed by atoms with Crippen LogP contribution in [-0.2, 0) is 41.7 Å². The van der Waals surface area contributed by atoms with Gasteiger partial charge in [0, 0.05) is 14.7 Å². The van der Waals surface area contributed by atoms with Gasteiger partial charge in [-0.05, 0) is 53.1 Å². The highest BCUT2D eigenvalue weighted by atomic mass is 28.3. The summed E-state index contributed by atoms with van der Waals surface area (Å²) < 4.78 is 38.5. The van der Waals surface area contributed by atoms with Crippen molar-refractivity contribution < 1.29 is 38.0 Å². The molecule has 2 aromatic carbocycles. The number of hydrogen-bond donors (Lipinski definition) is 0. The van der Waals surface area contributed by atoms with E-state index in [1.807, 2.05) is 54.6 Å². The maximum atomic E-state index is 12.7. The second kappa shape index (κ2) is 18.4. The first-order chi connectivity index (χ1) is 19.3. The quantitative estimate of drug-likeness (QED) is 0.0522. The Morgan fingerprint density at radius 2 is 1.27 bits per heavy atom. The van der Waals surface area contributed by atoms with Gasteiger partial charge in [-0.2, -0.15) is 0 Å². The molecule has 8 nitrogen and oxygen atoms in total. The molecule has 0 heterocycles. The zero-order chi connectivity index (χ0) is 29.2. The van der Waals surface area contributed by atoms with Crippen LogP contribution in [-0.4, -0.2) is 68.6 Å². The molecule has 2 aromatic rings. The largest absolute Gasteiger partial charge is 0.497 e. The molecule has 0 aromatic heterocycles. The predicted octanol–water partition coefficient (Wildman–Crippen LogP) is 5.79. The van der Waals surface area contributed by atoms with Gasteiger partial charge in [0.2, 0.25) is 0 Å². The van der Waals surface area contributed by atoms with Gasteiger partial charge in [0.05, 0.1) is 59.9 Å². The van der Waals surface area contributed by atoms with E-state index in [4.69, 9.17) is 33.2 Å². The molecule has 0 unspecified atom stereocenters. The lowest BCUT2D eigenvalue weighted by Crippen LogP contribution is -2.22. The number of ether oxygens (including phenoxy) is 7. The van der Waals surface area contributed by atoms with Gasteiger partial charge in [0.1, 0.15) is 18.3 Å². The molecule has 0 bridgehead atoms. The van der Waals surface area contributed by atoms with E-state index in [0.29, 0.717) is 31.0 Å². The number of hydrogen-bond acceptors (Lipinski definition) is 8. The van der Waals surface area contributed by atoms with Crippen LogP contribution in [0.2, 0.25) is 25.7 Å². The molecule has 9 heteroatoms. The minimum Gasteiger partial charge on any atom is -0.497 e. The van der Waals surface area contributed by atoms with Crippen LogP contribution < -0.4 is 9.47 Å². The van der Waals surface area contributed by atoms with Crippen molar-refractivity contribution in [3.8, 4) is 11.5 Å². The number of benzene rings is 2. The Hall–Kier alpha value is -2.95. The average molecular weight is 573 g/mol. The highest BCUT2D eigenvalue weighted by Crippen LogP contribution is 2.17. The number of rotatable bonds is 19. The molecule has 0 aliphatic heterocycles. The van der Waals surface area contributed by atoms with Gasteiger partial charge in [0.15, 0.2) is 0 Å². The Labute approximate surface area is 239 Å². The van der Waals surface area contributed by atoms with Gasteiger partial charge in [0.25, 0.3) is 0 Å². The molecule has 0 radical (unpaired) electrons. The van der Waals surface area contributed by atoms with Crippen LogP contribution in [0.3, 0.4) is 0 Å². The third kappa shape index (κ3) is 13.4. The molecule has 220 valence electrons. The van der Waals surface area contributed by atoms with Crippen molar-refractivity contribution in [1.82, 2.24) is 0 Å². The van der Waals surface area contributed by atoms with Crippen molar-refractivity contribution in [3.05, 3.63) is 83.0 Å². The minimum absolute atomic E-state index is 0.160. The first-order valence-corrected chi connectivity index (χ1v) is 17.0. The van der Waals surface area contributed by atoms with Gasteiger partial charge in [-0.15, -0.1) is 0 Å². The van der Waals surface area contributed by atoms with E-state index in [0.717, 1.165) is 28.7 Å². The smallest absolute Gasteiger partial charge is 0.337 e. The zero-order valence-corrected chi connectivity index (χ0v) is 25.7. The average Bonchev–Trinajstić information content (AvgIpc) is 2.95. The fourth-order valence-corrected chi connectivity index (χ4v) is 4.20. The van der Waals surface area contributed by atoms with E-state index in [9.17, 15) is 4.79 Å². The van der Waals surface area contributed by atoms with Gasteiger partial charge in [-0.1, -0.05) is 50.0 Å². The van der Waals surface area contributed by atoms with E-state index in [-0.39, 0.29) is 26.6 Å². The molecule has 0 N–H and O–H groups in total. The summed E-state index contributed by atoms with van der Waals surface area (Å²) in [6.45, 7) is 9.16. The second-order valence-corrected chi connectivity index (χ2v) is 15.9. The summed E-state index contributed by atoms with van der Waals surface area (Å²) in [6, 6.07) is 16.4. The van der Waals surface area contributed by atoms with Gasteiger partial charge >= 0.3 is 5.97 Å². The van der Waals surface area contributed by atoms with Crippen molar-refractivity contribution in [2.24, 2.45) is 0 Å². The fraction of sp³-hybridized carbons (Fsp3) is 0.452. The molecule has 40 heavy (non-hydrogen) atoms. The Balaban J connectivity index is 2.04. The Morgan fingerprint density at radius 3 is 1.80 bits per heavy atom. The van der Waals surface area contributed by atoms with E-state index in [1.54, 1.807) is 20.3 Å². The molecule has 0 atom stereocenters. The highest BCUT2D eigenvalue weighted by molar-refractivity contribution is 6.76. The Morgan fingerprint density at radius 1 is 0.725 bits per heavy atom. The molecule has 0 amide bonds. The zero-order valence-electron chi connectivity index (χ0n) is 24.7. The van der Waals surface area contributed by atoms with E-state index >= 15 is 0 Å². The van der Waals surface area contributed by atoms with Crippen molar-refractivity contribution in [3.63, 3.8) is 0 Å². The van der Waals surface area contributed by atoms with Crippen molar-refractivity contribution in [1.29, 1.82) is 0 Å². The summed E-state index contributed by atoms with van der Waals surface area (Å²) in [5.41, 5.74) is 3.02. The molecule has 0 aliphatic carbocycles. The fourth-order valence-electron chi connectivity index (χ4n) is 3.45. The van der Waals surface area contributed by atoms with Crippen molar-refractivity contribution >= 4 is 14.0 Å². The summed E-state index contributed by atoms with van der Waals surface area (Å²) >= 11 is 0. The lowest BCUT2D eigenvalue weighted by atomic mass is 10.1. The molecular formula is C31H44O8Si. The van der Waals surface area contributed by atoms with Crippen LogP contribution in [0.15, 0.2) is 71.8 Å². The molecule has 0 spiro atoms. The molecular weight excluding hydrogens is 528 g/mol. The van der Waals surface area contributed by atoms with Crippen LogP contribution >= 0.6 is 0 Å². The number of methoxy groups -OCH3 is 3. The summed E-state index contributed by atoms with van der Waals surface area (Å²) in [5.74, 6) is 1.09. The van der Waals surface area contributed by atoms with Crippen LogP contribution in [0, 0.1) is 0 Å². The van der Waals surface area contributed by atoms with Gasteiger partial charge in [-0.3, -0.25) is 0 Å². The minimum atomic E-state index is -1.16. The van der Waals surface area contributed by atoms with E-state index in [1.165, 1.54) is 7.11 Å². The summed E-state index contributed by atoms with van der Waals surface area (Å²) in [5, 5.41) is 0. The lowest BCUT2D eigenvalue weighted by Gasteiger charge is -2.15. The topological polar surface area (TPSA) is 81.7 Å². The van der Waals surface area contributed by atoms with Crippen molar-refractivity contribution in [2.75, 3.05) is 54.5 Å². The van der Waals surface area contributed by atoms with E-state index in [2.05, 4.69) is 19.6 Å². The first-order valence-electron chi connectivity index (χ1n) is 13.3. The lowest BCUT2D eigenvalue weighted by molar-refractivity contribution is -0.136. The SMILES string of the molecule is COC(=O)C(=C/COCOCC[Si](C)(C)C)/C(=C/COCc1ccc(OC)cc1)COCc1ccc(OC)cc1. The molecule has 0 fully saturated rings. The van der Waals surface area contributed by atoms with Gasteiger partial charge < -0.3 is 33.2 Å².